The summed E-state index contributed by atoms with van der Waals surface area (Å²) in [5.74, 6) is 1.69. The molecule has 0 fully saturated rings. The van der Waals surface area contributed by atoms with E-state index >= 15 is 0 Å². The average Bonchev–Trinajstić information content (AvgIpc) is 3.99. The van der Waals surface area contributed by atoms with Gasteiger partial charge in [0.2, 0.25) is 5.95 Å². The number of hydrogen-bond donors (Lipinski definition) is 0. The van der Waals surface area contributed by atoms with Crippen molar-refractivity contribution in [2.45, 2.75) is 0 Å². The van der Waals surface area contributed by atoms with Gasteiger partial charge in [-0.05, 0) is 99.8 Å². The van der Waals surface area contributed by atoms with Crippen LogP contribution < -0.4 is 0 Å². The lowest BCUT2D eigenvalue weighted by atomic mass is 9.99. The molecule has 61 heavy (non-hydrogen) atoms. The standard InChI is InChI=1S/C54H31N5OS/c1-2-8-32(9-3-1)33-14-16-34(17-15-33)37-19-22-46-43(27-37)44-26-35-10-4-5-11-36(35)29-47(44)59(46)54-57-52(38-20-23-51-45(28-38)42-12-6-7-13-50(42)61-51)56-53(58-54)39-18-21-40-41-24-25-55-31-49(41)60-48(40)30-39/h1-31H. The highest BCUT2D eigenvalue weighted by molar-refractivity contribution is 7.25. The summed E-state index contributed by atoms with van der Waals surface area (Å²) in [6.45, 7) is 0. The smallest absolute Gasteiger partial charge is 0.238 e. The van der Waals surface area contributed by atoms with Gasteiger partial charge in [0.05, 0.1) is 17.2 Å². The Kier molecular flexibility index (Phi) is 7.37. The summed E-state index contributed by atoms with van der Waals surface area (Å²) < 4.78 is 11.0. The Balaban J connectivity index is 1.05. The molecule has 284 valence electrons. The van der Waals surface area contributed by atoms with E-state index in [2.05, 4.69) is 173 Å². The monoisotopic (exact) mass is 797 g/mol. The lowest BCUT2D eigenvalue weighted by molar-refractivity contribution is 0.667. The van der Waals surface area contributed by atoms with Gasteiger partial charge in [0.1, 0.15) is 5.58 Å². The highest BCUT2D eigenvalue weighted by Crippen LogP contribution is 2.40. The first-order valence-electron chi connectivity index (χ1n) is 20.3. The van der Waals surface area contributed by atoms with Crippen LogP contribution in [0.3, 0.4) is 0 Å². The van der Waals surface area contributed by atoms with Gasteiger partial charge in [-0.3, -0.25) is 9.55 Å². The van der Waals surface area contributed by atoms with Crippen molar-refractivity contribution in [1.82, 2.24) is 24.5 Å². The molecule has 0 saturated carbocycles. The molecule has 7 heteroatoms. The molecule has 5 heterocycles. The van der Waals surface area contributed by atoms with Crippen molar-refractivity contribution in [1.29, 1.82) is 0 Å². The number of hydrogen-bond acceptors (Lipinski definition) is 6. The summed E-state index contributed by atoms with van der Waals surface area (Å²) in [4.78, 5) is 20.2. The van der Waals surface area contributed by atoms with Crippen molar-refractivity contribution >= 4 is 86.0 Å². The molecule has 6 nitrogen and oxygen atoms in total. The summed E-state index contributed by atoms with van der Waals surface area (Å²) in [7, 11) is 0. The minimum Gasteiger partial charge on any atom is -0.454 e. The summed E-state index contributed by atoms with van der Waals surface area (Å²) >= 11 is 1.80. The predicted octanol–water partition coefficient (Wildman–Crippen LogP) is 14.5. The van der Waals surface area contributed by atoms with Crippen LogP contribution in [0.2, 0.25) is 0 Å². The van der Waals surface area contributed by atoms with E-state index in [4.69, 9.17) is 19.4 Å². The largest absolute Gasteiger partial charge is 0.454 e. The van der Waals surface area contributed by atoms with E-state index in [0.29, 0.717) is 17.6 Å². The molecule has 13 rings (SSSR count). The Labute approximate surface area is 352 Å². The molecule has 5 aromatic heterocycles. The number of rotatable bonds is 5. The van der Waals surface area contributed by atoms with Crippen LogP contribution in [-0.4, -0.2) is 24.5 Å². The van der Waals surface area contributed by atoms with Gasteiger partial charge in [-0.2, -0.15) is 9.97 Å². The number of thiophene rings is 1. The fourth-order valence-electron chi connectivity index (χ4n) is 8.95. The van der Waals surface area contributed by atoms with E-state index in [0.717, 1.165) is 71.4 Å². The molecule has 0 aliphatic carbocycles. The second kappa shape index (κ2) is 13.3. The second-order valence-corrected chi connectivity index (χ2v) is 16.6. The quantitative estimate of drug-likeness (QED) is 0.173. The molecule has 8 aromatic carbocycles. The predicted molar refractivity (Wildman–Crippen MR) is 251 cm³/mol. The summed E-state index contributed by atoms with van der Waals surface area (Å²) in [5.41, 5.74) is 9.97. The van der Waals surface area contributed by atoms with Crippen LogP contribution in [0.4, 0.5) is 0 Å². The zero-order valence-corrected chi connectivity index (χ0v) is 33.3. The lowest BCUT2D eigenvalue weighted by Crippen LogP contribution is -2.06. The van der Waals surface area contributed by atoms with Crippen LogP contribution in [0.25, 0.3) is 126 Å². The van der Waals surface area contributed by atoms with Gasteiger partial charge in [-0.15, -0.1) is 11.3 Å². The number of fused-ring (bicyclic) bond motifs is 10. The maximum Gasteiger partial charge on any atom is 0.238 e. The maximum atomic E-state index is 6.31. The Bertz CT molecular complexity index is 3880. The highest BCUT2D eigenvalue weighted by Gasteiger charge is 2.21. The number of nitrogens with zero attached hydrogens (tertiary/aromatic N) is 5. The van der Waals surface area contributed by atoms with Gasteiger partial charge in [0, 0.05) is 59.0 Å². The topological polar surface area (TPSA) is 69.6 Å². The minimum atomic E-state index is 0.541. The summed E-state index contributed by atoms with van der Waals surface area (Å²) in [6, 6.07) is 62.4. The van der Waals surface area contributed by atoms with Crippen LogP contribution in [0.15, 0.2) is 193 Å². The van der Waals surface area contributed by atoms with Gasteiger partial charge in [0.15, 0.2) is 17.2 Å². The molecule has 0 amide bonds. The molecular weight excluding hydrogens is 767 g/mol. The van der Waals surface area contributed by atoms with Crippen molar-refractivity contribution in [3.63, 3.8) is 0 Å². The van der Waals surface area contributed by atoms with E-state index < -0.39 is 0 Å². The molecule has 0 spiro atoms. The van der Waals surface area contributed by atoms with Gasteiger partial charge in [-0.1, -0.05) is 109 Å². The fourth-order valence-corrected chi connectivity index (χ4v) is 10.0. The van der Waals surface area contributed by atoms with Crippen LogP contribution in [0, 0.1) is 0 Å². The minimum absolute atomic E-state index is 0.541. The number of aromatic nitrogens is 5. The third-order valence-corrected chi connectivity index (χ3v) is 13.1. The summed E-state index contributed by atoms with van der Waals surface area (Å²) in [6.07, 6.45) is 3.55. The SMILES string of the molecule is c1ccc(-c2ccc(-c3ccc4c(c3)c3cc5ccccc5cc3n4-c3nc(-c4ccc5c(c4)oc4cnccc45)nc(-c4ccc5sc6ccccc6c5c4)n3)cc2)cc1. The van der Waals surface area contributed by atoms with Crippen molar-refractivity contribution < 1.29 is 4.42 Å². The molecule has 0 aliphatic heterocycles. The third kappa shape index (κ3) is 5.48. The zero-order valence-electron chi connectivity index (χ0n) is 32.5. The lowest BCUT2D eigenvalue weighted by Gasteiger charge is -2.12. The van der Waals surface area contributed by atoms with Crippen LogP contribution in [-0.2, 0) is 0 Å². The summed E-state index contributed by atoms with van der Waals surface area (Å²) in [5, 5.41) is 9.02. The van der Waals surface area contributed by atoms with Crippen LogP contribution >= 0.6 is 11.3 Å². The first-order valence-corrected chi connectivity index (χ1v) is 21.1. The molecular formula is C54H31N5OS. The van der Waals surface area contributed by atoms with Crippen LogP contribution in [0.5, 0.6) is 0 Å². The Hall–Kier alpha value is -8.00. The third-order valence-electron chi connectivity index (χ3n) is 12.0. The van der Waals surface area contributed by atoms with Gasteiger partial charge in [0.25, 0.3) is 0 Å². The number of benzene rings is 8. The normalized spacial score (nSPS) is 11.9. The molecule has 0 radical (unpaired) electrons. The van der Waals surface area contributed by atoms with Gasteiger partial charge in [-0.25, -0.2) is 4.98 Å². The fraction of sp³-hybridized carbons (Fsp3) is 0. The first-order chi connectivity index (χ1) is 30.2. The van der Waals surface area contributed by atoms with E-state index in [9.17, 15) is 0 Å². The molecule has 0 N–H and O–H groups in total. The molecule has 0 atom stereocenters. The maximum absolute atomic E-state index is 6.31. The molecule has 13 aromatic rings. The van der Waals surface area contributed by atoms with Crippen molar-refractivity contribution in [2.24, 2.45) is 0 Å². The Morgan fingerprint density at radius 2 is 1.02 bits per heavy atom. The van der Waals surface area contributed by atoms with E-state index in [1.165, 1.54) is 36.7 Å². The van der Waals surface area contributed by atoms with E-state index in [1.807, 2.05) is 12.1 Å². The number of pyridine rings is 1. The molecule has 0 unspecified atom stereocenters. The van der Waals surface area contributed by atoms with Crippen molar-refractivity contribution in [2.75, 3.05) is 0 Å². The molecule has 0 bridgehead atoms. The van der Waals surface area contributed by atoms with Crippen LogP contribution in [0.1, 0.15) is 0 Å². The van der Waals surface area contributed by atoms with Gasteiger partial charge < -0.3 is 4.42 Å². The molecule has 0 aliphatic rings. The first kappa shape index (κ1) is 33.9. The Morgan fingerprint density at radius 1 is 0.393 bits per heavy atom. The van der Waals surface area contributed by atoms with Crippen molar-refractivity contribution in [3.05, 3.63) is 188 Å². The van der Waals surface area contributed by atoms with Crippen molar-refractivity contribution in [3.8, 4) is 51.0 Å². The second-order valence-electron chi connectivity index (χ2n) is 15.5. The van der Waals surface area contributed by atoms with E-state index in [1.54, 1.807) is 23.7 Å². The highest BCUT2D eigenvalue weighted by atomic mass is 32.1. The Morgan fingerprint density at radius 3 is 1.87 bits per heavy atom. The van der Waals surface area contributed by atoms with Gasteiger partial charge >= 0.3 is 0 Å². The average molecular weight is 798 g/mol. The molecule has 0 saturated heterocycles. The zero-order chi connectivity index (χ0) is 40.0. The van der Waals surface area contributed by atoms with E-state index in [-0.39, 0.29) is 0 Å². The number of furan rings is 1.